The van der Waals surface area contributed by atoms with Crippen molar-refractivity contribution >= 4 is 34.9 Å². The van der Waals surface area contributed by atoms with E-state index < -0.39 is 11.2 Å². The Morgan fingerprint density at radius 2 is 1.61 bits per heavy atom. The molecule has 0 saturated carbocycles. The zero-order chi connectivity index (χ0) is 19.9. The van der Waals surface area contributed by atoms with Crippen LogP contribution in [0.3, 0.4) is 0 Å². The quantitative estimate of drug-likeness (QED) is 0.512. The van der Waals surface area contributed by atoms with Crippen LogP contribution in [0, 0.1) is 0 Å². The molecule has 0 fully saturated rings. The van der Waals surface area contributed by atoms with Gasteiger partial charge in [-0.1, -0.05) is 66.1 Å². The maximum atomic E-state index is 10.3. The summed E-state index contributed by atoms with van der Waals surface area (Å²) in [5.41, 5.74) is 3.48. The highest BCUT2D eigenvalue weighted by atomic mass is 16.5. The van der Waals surface area contributed by atoms with Gasteiger partial charge in [0, 0.05) is 16.3 Å². The first-order valence-corrected chi connectivity index (χ1v) is 9.62. The molecule has 1 aromatic heterocycles. The Hall–Kier alpha value is -2.56. The molecule has 28 heavy (non-hydrogen) atoms. The van der Waals surface area contributed by atoms with Crippen LogP contribution < -0.4 is 5.46 Å². The lowest BCUT2D eigenvalue weighted by molar-refractivity contribution is -0.0893. The first-order chi connectivity index (χ1) is 13.3. The normalized spacial score (nSPS) is 12.6. The van der Waals surface area contributed by atoms with Crippen molar-refractivity contribution in [3.63, 3.8) is 0 Å². The number of hydrogen-bond donors (Lipinski definition) is 1. The number of rotatable bonds is 5. The SMILES string of the molecule is CC(C)(O)C(C)(C)OBc1ccc2oc3c(-c4ccccc4)cccc3c2c1. The molecule has 0 spiro atoms. The van der Waals surface area contributed by atoms with Crippen LogP contribution in [0.1, 0.15) is 27.7 Å². The van der Waals surface area contributed by atoms with Crippen LogP contribution in [0.15, 0.2) is 71.1 Å². The van der Waals surface area contributed by atoms with Crippen LogP contribution in [0.2, 0.25) is 0 Å². The van der Waals surface area contributed by atoms with Gasteiger partial charge in [-0.05, 0) is 39.3 Å². The molecule has 142 valence electrons. The topological polar surface area (TPSA) is 42.6 Å². The summed E-state index contributed by atoms with van der Waals surface area (Å²) in [6, 6.07) is 22.7. The molecular formula is C24H25BO3. The summed E-state index contributed by atoms with van der Waals surface area (Å²) in [6.45, 7) is 7.35. The van der Waals surface area contributed by atoms with Gasteiger partial charge in [-0.2, -0.15) is 0 Å². The van der Waals surface area contributed by atoms with Crippen LogP contribution >= 0.6 is 0 Å². The molecule has 3 aromatic carbocycles. The van der Waals surface area contributed by atoms with Crippen molar-refractivity contribution in [2.24, 2.45) is 0 Å². The summed E-state index contributed by atoms with van der Waals surface area (Å²) in [7, 11) is 0.429. The molecule has 0 atom stereocenters. The van der Waals surface area contributed by atoms with E-state index >= 15 is 0 Å². The van der Waals surface area contributed by atoms with Crippen LogP contribution in [0.25, 0.3) is 33.1 Å². The van der Waals surface area contributed by atoms with Crippen LogP contribution in [-0.4, -0.2) is 23.8 Å². The standard InChI is InChI=1S/C24H25BO3/c1-23(2,26)24(3,4)28-25-17-13-14-21-20(15-17)19-12-8-11-18(22(19)27-21)16-9-6-5-7-10-16/h5-15,25-26H,1-4H3. The second-order valence-electron chi connectivity index (χ2n) is 8.34. The highest BCUT2D eigenvalue weighted by Crippen LogP contribution is 2.35. The largest absolute Gasteiger partial charge is 0.455 e. The van der Waals surface area contributed by atoms with Gasteiger partial charge in [-0.25, -0.2) is 0 Å². The molecule has 0 bridgehead atoms. The fourth-order valence-electron chi connectivity index (χ4n) is 3.22. The molecule has 1 heterocycles. The molecule has 0 aliphatic heterocycles. The summed E-state index contributed by atoms with van der Waals surface area (Å²) < 4.78 is 12.2. The fourth-order valence-corrected chi connectivity index (χ4v) is 3.22. The van der Waals surface area contributed by atoms with E-state index in [1.165, 1.54) is 0 Å². The number of fused-ring (bicyclic) bond motifs is 3. The predicted molar refractivity (Wildman–Crippen MR) is 117 cm³/mol. The van der Waals surface area contributed by atoms with Crippen molar-refractivity contribution in [1.29, 1.82) is 0 Å². The Balaban J connectivity index is 1.73. The van der Waals surface area contributed by atoms with Gasteiger partial charge in [0.2, 0.25) is 0 Å². The van der Waals surface area contributed by atoms with E-state index in [1.54, 1.807) is 13.8 Å². The fraction of sp³-hybridized carbons (Fsp3) is 0.250. The Kier molecular flexibility index (Phi) is 4.57. The maximum absolute atomic E-state index is 10.3. The van der Waals surface area contributed by atoms with Crippen molar-refractivity contribution in [2.45, 2.75) is 38.9 Å². The van der Waals surface area contributed by atoms with E-state index in [9.17, 15) is 5.11 Å². The summed E-state index contributed by atoms with van der Waals surface area (Å²) in [5.74, 6) is 0. The molecule has 0 radical (unpaired) electrons. The Morgan fingerprint density at radius 3 is 2.32 bits per heavy atom. The lowest BCUT2D eigenvalue weighted by atomic mass is 9.82. The summed E-state index contributed by atoms with van der Waals surface area (Å²) in [5, 5.41) is 12.5. The van der Waals surface area contributed by atoms with E-state index in [4.69, 9.17) is 9.07 Å². The molecule has 0 aliphatic carbocycles. The number of para-hydroxylation sites is 1. The van der Waals surface area contributed by atoms with Crippen molar-refractivity contribution < 1.29 is 14.2 Å². The Labute approximate surface area is 166 Å². The van der Waals surface area contributed by atoms with E-state index in [1.807, 2.05) is 44.2 Å². The van der Waals surface area contributed by atoms with Crippen LogP contribution in [0.5, 0.6) is 0 Å². The highest BCUT2D eigenvalue weighted by molar-refractivity contribution is 6.47. The summed E-state index contributed by atoms with van der Waals surface area (Å²) in [4.78, 5) is 0. The smallest absolute Gasteiger partial charge is 0.309 e. The van der Waals surface area contributed by atoms with E-state index in [-0.39, 0.29) is 0 Å². The van der Waals surface area contributed by atoms with Gasteiger partial charge in [-0.15, -0.1) is 0 Å². The third-order valence-electron chi connectivity index (χ3n) is 5.72. The first kappa shape index (κ1) is 18.8. The van der Waals surface area contributed by atoms with Gasteiger partial charge in [0.05, 0.1) is 11.2 Å². The molecule has 0 amide bonds. The molecule has 4 rings (SSSR count). The van der Waals surface area contributed by atoms with Crippen molar-refractivity contribution in [3.8, 4) is 11.1 Å². The van der Waals surface area contributed by atoms with E-state index in [2.05, 4.69) is 36.4 Å². The lowest BCUT2D eigenvalue weighted by Gasteiger charge is -2.37. The summed E-state index contributed by atoms with van der Waals surface area (Å²) in [6.07, 6.45) is 0. The molecule has 4 heteroatoms. The molecular weight excluding hydrogens is 347 g/mol. The molecule has 3 nitrogen and oxygen atoms in total. The van der Waals surface area contributed by atoms with Gasteiger partial charge in [-0.3, -0.25) is 0 Å². The third kappa shape index (κ3) is 3.34. The second-order valence-corrected chi connectivity index (χ2v) is 8.34. The molecule has 0 saturated heterocycles. The van der Waals surface area contributed by atoms with Crippen molar-refractivity contribution in [2.75, 3.05) is 0 Å². The number of hydrogen-bond acceptors (Lipinski definition) is 3. The van der Waals surface area contributed by atoms with Gasteiger partial charge in [0.1, 0.15) is 11.2 Å². The number of benzene rings is 3. The minimum atomic E-state index is -0.927. The lowest BCUT2D eigenvalue weighted by Crippen LogP contribution is -2.49. The molecule has 0 unspecified atom stereocenters. The van der Waals surface area contributed by atoms with Gasteiger partial charge in [0.15, 0.2) is 0 Å². The van der Waals surface area contributed by atoms with Crippen LogP contribution in [0.4, 0.5) is 0 Å². The average Bonchev–Trinajstić information content (AvgIpc) is 3.04. The third-order valence-corrected chi connectivity index (χ3v) is 5.72. The minimum absolute atomic E-state index is 0.429. The average molecular weight is 372 g/mol. The van der Waals surface area contributed by atoms with Crippen LogP contribution in [-0.2, 0) is 4.65 Å². The maximum Gasteiger partial charge on any atom is 0.309 e. The van der Waals surface area contributed by atoms with Gasteiger partial charge in [0.25, 0.3) is 0 Å². The number of aliphatic hydroxyl groups is 1. The molecule has 4 aromatic rings. The Bertz CT molecular complexity index is 1120. The zero-order valence-electron chi connectivity index (χ0n) is 16.8. The van der Waals surface area contributed by atoms with E-state index in [0.717, 1.165) is 38.5 Å². The molecule has 1 N–H and O–H groups in total. The first-order valence-electron chi connectivity index (χ1n) is 9.62. The van der Waals surface area contributed by atoms with Crippen molar-refractivity contribution in [1.82, 2.24) is 0 Å². The predicted octanol–water partition coefficient (Wildman–Crippen LogP) is 4.80. The van der Waals surface area contributed by atoms with E-state index in [0.29, 0.717) is 7.48 Å². The monoisotopic (exact) mass is 372 g/mol. The highest BCUT2D eigenvalue weighted by Gasteiger charge is 2.35. The number of furan rings is 1. The molecule has 0 aliphatic rings. The van der Waals surface area contributed by atoms with Gasteiger partial charge >= 0.3 is 7.48 Å². The summed E-state index contributed by atoms with van der Waals surface area (Å²) >= 11 is 0. The van der Waals surface area contributed by atoms with Gasteiger partial charge < -0.3 is 14.2 Å². The Morgan fingerprint density at radius 1 is 0.857 bits per heavy atom. The zero-order valence-corrected chi connectivity index (χ0v) is 16.8. The minimum Gasteiger partial charge on any atom is -0.455 e. The second kappa shape index (κ2) is 6.80. The van der Waals surface area contributed by atoms with Crippen molar-refractivity contribution in [3.05, 3.63) is 66.7 Å².